The number of cyclic esters (lactones) is 1. The molecule has 5 unspecified atom stereocenters. The molecule has 0 saturated carbocycles. The van der Waals surface area contributed by atoms with Crippen LogP contribution >= 0.6 is 11.3 Å². The quantitative estimate of drug-likeness (QED) is 0.123. The van der Waals surface area contributed by atoms with Gasteiger partial charge in [0.1, 0.15) is 11.9 Å². The van der Waals surface area contributed by atoms with Gasteiger partial charge in [0.25, 0.3) is 0 Å². The number of rotatable bonds is 16. The largest absolute Gasteiger partial charge is 0.458 e. The molecule has 0 amide bonds. The van der Waals surface area contributed by atoms with Gasteiger partial charge in [-0.15, -0.1) is 11.3 Å². The predicted molar refractivity (Wildman–Crippen MR) is 222 cm³/mol. The van der Waals surface area contributed by atoms with Gasteiger partial charge in [0, 0.05) is 11.3 Å². The molecule has 2 heterocycles. The molecule has 294 valence electrons. The predicted octanol–water partition coefficient (Wildman–Crippen LogP) is 12.7. The number of ether oxygens (including phenoxy) is 1. The summed E-state index contributed by atoms with van der Waals surface area (Å²) >= 11 is 1.63. The number of nitrogens with zero attached hydrogens (tertiary/aromatic N) is 1. The molecule has 1 fully saturated rings. The van der Waals surface area contributed by atoms with Crippen LogP contribution in [-0.4, -0.2) is 51.7 Å². The first-order valence-corrected chi connectivity index (χ1v) is 27.0. The summed E-state index contributed by atoms with van der Waals surface area (Å²) < 4.78 is 21.3. The Balaban J connectivity index is 2.77. The molecule has 1 aliphatic heterocycles. The Labute approximate surface area is 320 Å². The van der Waals surface area contributed by atoms with Gasteiger partial charge < -0.3 is 13.6 Å². The lowest BCUT2D eigenvalue weighted by molar-refractivity contribution is -0.156. The summed E-state index contributed by atoms with van der Waals surface area (Å²) in [6, 6.07) is 6.07. The van der Waals surface area contributed by atoms with Gasteiger partial charge in [-0.25, -0.2) is 4.98 Å². The van der Waals surface area contributed by atoms with E-state index in [2.05, 4.69) is 92.6 Å². The molecule has 0 radical (unpaired) electrons. The summed E-state index contributed by atoms with van der Waals surface area (Å²) in [6.45, 7) is 26.4. The van der Waals surface area contributed by atoms with Crippen molar-refractivity contribution >= 4 is 45.8 Å². The maximum Gasteiger partial charge on any atom is 0.309 e. The maximum atomic E-state index is 15.6. The van der Waals surface area contributed by atoms with Gasteiger partial charge in [-0.05, 0) is 106 Å². The van der Waals surface area contributed by atoms with Crippen LogP contribution in [0.4, 0.5) is 0 Å². The first-order chi connectivity index (χ1) is 24.4. The van der Waals surface area contributed by atoms with Gasteiger partial charge in [-0.2, -0.15) is 0 Å². The Bertz CT molecular complexity index is 1190. The fraction of sp³-hybridized carbons (Fsp3) is 0.833. The van der Waals surface area contributed by atoms with E-state index in [-0.39, 0.29) is 36.3 Å². The minimum Gasteiger partial charge on any atom is -0.458 e. The number of carbonyl (C=O) groups excluding carboxylic acids is 2. The molecule has 1 aromatic heterocycles. The second-order valence-corrected chi connectivity index (χ2v) is 25.9. The number of esters is 1. The van der Waals surface area contributed by atoms with Crippen LogP contribution in [0, 0.1) is 24.2 Å². The van der Waals surface area contributed by atoms with Crippen molar-refractivity contribution < 1.29 is 23.2 Å². The van der Waals surface area contributed by atoms with Gasteiger partial charge in [-0.3, -0.25) is 9.59 Å². The third kappa shape index (κ3) is 11.9. The molecular formula is C42H77NO5SSi2. The van der Waals surface area contributed by atoms with Crippen molar-refractivity contribution in [3.8, 4) is 0 Å². The second-order valence-electron chi connectivity index (χ2n) is 15.4. The molecule has 0 aliphatic carbocycles. The van der Waals surface area contributed by atoms with Crippen LogP contribution in [0.3, 0.4) is 0 Å². The first-order valence-electron chi connectivity index (χ1n) is 21.1. The number of Topliss-reactive ketones (excluding diaryl/α,β-unsaturated/α-hetero) is 1. The van der Waals surface area contributed by atoms with E-state index >= 15 is 4.79 Å². The number of hydrogen-bond donors (Lipinski definition) is 0. The third-order valence-electron chi connectivity index (χ3n) is 13.1. The van der Waals surface area contributed by atoms with E-state index in [9.17, 15) is 4.79 Å². The Kier molecular flexibility index (Phi) is 20.1. The van der Waals surface area contributed by atoms with Crippen LogP contribution in [0.25, 0.3) is 6.08 Å². The van der Waals surface area contributed by atoms with Crippen molar-refractivity contribution in [3.05, 3.63) is 21.7 Å². The van der Waals surface area contributed by atoms with E-state index in [1.54, 1.807) is 11.3 Å². The van der Waals surface area contributed by atoms with Crippen LogP contribution in [0.2, 0.25) is 36.3 Å². The van der Waals surface area contributed by atoms with E-state index in [1.165, 1.54) is 0 Å². The van der Waals surface area contributed by atoms with Crippen molar-refractivity contribution in [1.82, 2.24) is 4.98 Å². The standard InChI is InChI=1S/C42H77NO5SSi2/c1-13-34-27-25-23-24-26-28-37(32(11)29-35-31-49-33(12)43-35)46-39(44)30-38(47-50(17-5,18-6)19-7)42(15-3,16-4)41(45)36(14-2)40(34)48-51(20-8,21-9)22-10/h29,31,34,36-38,40H,13-28,30H2,1-12H3. The molecule has 1 saturated heterocycles. The summed E-state index contributed by atoms with van der Waals surface area (Å²) in [5.74, 6) is 0.0920. The van der Waals surface area contributed by atoms with E-state index in [0.717, 1.165) is 104 Å². The number of thiazole rings is 1. The van der Waals surface area contributed by atoms with E-state index in [4.69, 9.17) is 13.6 Å². The number of carbonyl (C=O) groups is 2. The molecule has 1 aromatic rings. The minimum atomic E-state index is -2.22. The fourth-order valence-corrected chi connectivity index (χ4v) is 15.2. The molecule has 0 bridgehead atoms. The third-order valence-corrected chi connectivity index (χ3v) is 23.2. The highest BCUT2D eigenvalue weighted by molar-refractivity contribution is 7.09. The van der Waals surface area contributed by atoms with Gasteiger partial charge >= 0.3 is 5.97 Å². The van der Waals surface area contributed by atoms with Crippen LogP contribution in [0.15, 0.2) is 11.0 Å². The molecule has 0 N–H and O–H groups in total. The number of ketones is 1. The van der Waals surface area contributed by atoms with E-state index in [1.807, 2.05) is 6.92 Å². The molecular weight excluding hydrogens is 687 g/mol. The molecule has 0 aromatic carbocycles. The van der Waals surface area contributed by atoms with E-state index < -0.39 is 28.2 Å². The number of hydrogen-bond acceptors (Lipinski definition) is 7. The van der Waals surface area contributed by atoms with Crippen molar-refractivity contribution in [2.45, 2.75) is 208 Å². The van der Waals surface area contributed by atoms with Gasteiger partial charge in [0.2, 0.25) is 0 Å². The minimum absolute atomic E-state index is 0.0957. The van der Waals surface area contributed by atoms with E-state index in [0.29, 0.717) is 18.8 Å². The first kappa shape index (κ1) is 46.0. The zero-order valence-corrected chi connectivity index (χ0v) is 37.8. The monoisotopic (exact) mass is 764 g/mol. The molecule has 51 heavy (non-hydrogen) atoms. The number of aryl methyl sites for hydroxylation is 1. The topological polar surface area (TPSA) is 74.7 Å². The lowest BCUT2D eigenvalue weighted by Crippen LogP contribution is -2.55. The smallest absolute Gasteiger partial charge is 0.309 e. The molecule has 0 spiro atoms. The van der Waals surface area contributed by atoms with Crippen LogP contribution in [0.1, 0.15) is 157 Å². The normalized spacial score (nSPS) is 25.2. The van der Waals surface area contributed by atoms with Gasteiger partial charge in [0.15, 0.2) is 16.6 Å². The summed E-state index contributed by atoms with van der Waals surface area (Å²) in [7, 11) is -4.25. The lowest BCUT2D eigenvalue weighted by atomic mass is 9.66. The summed E-state index contributed by atoms with van der Waals surface area (Å²) in [4.78, 5) is 34.6. The lowest BCUT2D eigenvalue weighted by Gasteiger charge is -2.47. The zero-order chi connectivity index (χ0) is 38.2. The van der Waals surface area contributed by atoms with Crippen molar-refractivity contribution in [3.63, 3.8) is 0 Å². The van der Waals surface area contributed by atoms with Crippen molar-refractivity contribution in [2.24, 2.45) is 17.3 Å². The van der Waals surface area contributed by atoms with Crippen LogP contribution < -0.4 is 0 Å². The highest BCUT2D eigenvalue weighted by atomic mass is 32.1. The van der Waals surface area contributed by atoms with Crippen LogP contribution in [0.5, 0.6) is 0 Å². The summed E-state index contributed by atoms with van der Waals surface area (Å²) in [6.07, 6.45) is 10.4. The highest BCUT2D eigenvalue weighted by Crippen LogP contribution is 2.45. The van der Waals surface area contributed by atoms with Crippen LogP contribution in [-0.2, 0) is 23.2 Å². The molecule has 6 nitrogen and oxygen atoms in total. The van der Waals surface area contributed by atoms with Crippen molar-refractivity contribution in [1.29, 1.82) is 0 Å². The Morgan fingerprint density at radius 2 is 1.39 bits per heavy atom. The van der Waals surface area contributed by atoms with Gasteiger partial charge in [-0.1, -0.05) is 94.9 Å². The molecule has 2 rings (SSSR count). The zero-order valence-electron chi connectivity index (χ0n) is 35.0. The molecule has 9 heteroatoms. The molecule has 5 atom stereocenters. The summed E-state index contributed by atoms with van der Waals surface area (Å²) in [5, 5.41) is 3.09. The average Bonchev–Trinajstić information content (AvgIpc) is 3.55. The Hall–Kier alpha value is -1.14. The second kappa shape index (κ2) is 22.3. The Morgan fingerprint density at radius 1 is 0.843 bits per heavy atom. The summed E-state index contributed by atoms with van der Waals surface area (Å²) in [5.41, 5.74) is 1.13. The highest BCUT2D eigenvalue weighted by Gasteiger charge is 2.52. The molecule has 1 aliphatic rings. The number of aromatic nitrogens is 1. The fourth-order valence-electron chi connectivity index (χ4n) is 8.80. The Morgan fingerprint density at radius 3 is 1.86 bits per heavy atom. The SMILES string of the molecule is CCC1CCCCCCC(C(C)=Cc2csc(C)n2)OC(=O)CC(O[Si](CC)(CC)CC)C(CC)(CC)C(=O)C(CC)C1O[Si](CC)(CC)CC. The van der Waals surface area contributed by atoms with Gasteiger partial charge in [0.05, 0.1) is 34.7 Å². The maximum absolute atomic E-state index is 15.6. The average molecular weight is 764 g/mol. The van der Waals surface area contributed by atoms with Crippen molar-refractivity contribution in [2.75, 3.05) is 0 Å².